The third kappa shape index (κ3) is 45.4. The van der Waals surface area contributed by atoms with Crippen LogP contribution >= 0.6 is 0 Å². The van der Waals surface area contributed by atoms with Crippen LogP contribution in [-0.2, 0) is 28.5 Å². The summed E-state index contributed by atoms with van der Waals surface area (Å²) >= 11 is 0. The fraction of sp³-hybridized carbons (Fsp3) is 0.875. The monoisotopic (exact) mass is 606 g/mol. The second-order valence-corrected chi connectivity index (χ2v) is 10.3. The molecule has 1 aliphatic carbocycles. The molecule has 252 valence electrons. The quantitative estimate of drug-likeness (QED) is 0.128. The van der Waals surface area contributed by atoms with E-state index in [1.165, 1.54) is 51.4 Å². The minimum atomic E-state index is -1.09. The Morgan fingerprint density at radius 1 is 0.667 bits per heavy atom. The van der Waals surface area contributed by atoms with Gasteiger partial charge in [-0.05, 0) is 37.7 Å². The van der Waals surface area contributed by atoms with Crippen molar-refractivity contribution in [2.75, 3.05) is 81.0 Å². The molecule has 0 aromatic heterocycles. The van der Waals surface area contributed by atoms with Gasteiger partial charge in [0.25, 0.3) is 0 Å². The minimum Gasteiger partial charge on any atom is -0.550 e. The van der Waals surface area contributed by atoms with Crippen LogP contribution < -0.4 is 20.8 Å². The molecule has 0 atom stereocenters. The lowest BCUT2D eigenvalue weighted by Gasteiger charge is -2.21. The highest BCUT2D eigenvalue weighted by atomic mass is 16.5. The highest BCUT2D eigenvalue weighted by molar-refractivity contribution is 5.77. The van der Waals surface area contributed by atoms with Gasteiger partial charge in [0.1, 0.15) is 0 Å². The van der Waals surface area contributed by atoms with Gasteiger partial charge in [0.05, 0.1) is 58.6 Å². The fourth-order valence-electron chi connectivity index (χ4n) is 4.01. The van der Waals surface area contributed by atoms with E-state index in [1.807, 2.05) is 0 Å². The molecule has 1 fully saturated rings. The van der Waals surface area contributed by atoms with Gasteiger partial charge in [-0.3, -0.25) is 0 Å². The van der Waals surface area contributed by atoms with Gasteiger partial charge in [0, 0.05) is 34.4 Å². The summed E-state index contributed by atoms with van der Waals surface area (Å²) in [5.74, 6) is -2.08. The lowest BCUT2D eigenvalue weighted by Crippen LogP contribution is -2.86. The number of allylic oxidation sites excluding steroid dienone is 1. The minimum absolute atomic E-state index is 0.140. The van der Waals surface area contributed by atoms with Crippen molar-refractivity contribution in [2.45, 2.75) is 96.8 Å². The van der Waals surface area contributed by atoms with Crippen molar-refractivity contribution in [1.82, 2.24) is 0 Å². The first-order chi connectivity index (χ1) is 20.4. The maximum atomic E-state index is 10.2. The topological polar surface area (TPSA) is 150 Å². The summed E-state index contributed by atoms with van der Waals surface area (Å²) in [7, 11) is 6.85. The number of unbranched alkanes of at least 4 members (excludes halogenated alkanes) is 8. The average molecular weight is 607 g/mol. The van der Waals surface area contributed by atoms with E-state index in [1.54, 1.807) is 34.5 Å². The number of carbonyl (C=O) groups is 2. The van der Waals surface area contributed by atoms with Gasteiger partial charge in [0.15, 0.2) is 0 Å². The third-order valence-corrected chi connectivity index (χ3v) is 6.52. The molecule has 0 aromatic rings. The summed E-state index contributed by atoms with van der Waals surface area (Å²) in [6.07, 6.45) is 19.0. The van der Waals surface area contributed by atoms with Gasteiger partial charge in [-0.15, -0.1) is 0 Å². The van der Waals surface area contributed by atoms with Crippen LogP contribution in [0.25, 0.3) is 0 Å². The Labute approximate surface area is 257 Å². The van der Waals surface area contributed by atoms with E-state index in [0.29, 0.717) is 0 Å². The standard InChI is InChI=1S/C13H24O2.C7H12O2.2C6H15NO2/c1-2-3-4-5-6-7-8-9-10-11-12-13(14)15;8-7(9)6-4-2-1-3-5-6;2*1-8-5-3-7-4-6-9-2/h11-12H,2-10H2,1H3,(H,14,15);6H,1-5H2,(H,8,9);2*7H,3-6H2,1-2H3. The summed E-state index contributed by atoms with van der Waals surface area (Å²) in [6.45, 7) is 9.63. The average Bonchev–Trinajstić information content (AvgIpc) is 2.99. The molecule has 0 saturated heterocycles. The number of carbonyl (C=O) groups excluding carboxylic acids is 2. The first kappa shape index (κ1) is 44.9. The van der Waals surface area contributed by atoms with Crippen LogP contribution in [0.4, 0.5) is 0 Å². The lowest BCUT2D eigenvalue weighted by molar-refractivity contribution is -0.657. The Morgan fingerprint density at radius 2 is 1.07 bits per heavy atom. The van der Waals surface area contributed by atoms with Crippen molar-refractivity contribution in [2.24, 2.45) is 5.92 Å². The molecule has 0 heterocycles. The SMILES string of the molecule is CCCCCCCCCCC=CC(=O)[O-].COCC[NH2+]CCOC.COCC[NH2+]CCOC.O=C([O-])C1CCCCC1. The lowest BCUT2D eigenvalue weighted by atomic mass is 9.90. The number of methoxy groups -OCH3 is 4. The van der Waals surface area contributed by atoms with Crippen molar-refractivity contribution in [3.8, 4) is 0 Å². The first-order valence-electron chi connectivity index (χ1n) is 16.1. The van der Waals surface area contributed by atoms with E-state index < -0.39 is 11.9 Å². The first-order valence-corrected chi connectivity index (χ1v) is 16.1. The maximum Gasteiger partial charge on any atom is 0.0993 e. The van der Waals surface area contributed by atoms with Gasteiger partial charge in [-0.1, -0.05) is 77.2 Å². The Kier molecular flexibility index (Phi) is 44.4. The molecule has 42 heavy (non-hydrogen) atoms. The van der Waals surface area contributed by atoms with Crippen LogP contribution in [-0.4, -0.2) is 93.0 Å². The summed E-state index contributed by atoms with van der Waals surface area (Å²) in [5.41, 5.74) is 0. The van der Waals surface area contributed by atoms with Crippen LogP contribution in [0.3, 0.4) is 0 Å². The molecule has 1 rings (SSSR count). The molecule has 0 aliphatic heterocycles. The Balaban J connectivity index is -0.000000498. The van der Waals surface area contributed by atoms with Crippen molar-refractivity contribution in [1.29, 1.82) is 0 Å². The van der Waals surface area contributed by atoms with Crippen molar-refractivity contribution < 1.29 is 49.4 Å². The number of hydrogen-bond donors (Lipinski definition) is 2. The normalized spacial score (nSPS) is 12.9. The van der Waals surface area contributed by atoms with E-state index in [0.717, 1.165) is 97.2 Å². The third-order valence-electron chi connectivity index (χ3n) is 6.52. The zero-order valence-electron chi connectivity index (χ0n) is 27.7. The Hall–Kier alpha value is -1.56. The molecule has 0 radical (unpaired) electrons. The zero-order valence-corrected chi connectivity index (χ0v) is 27.7. The van der Waals surface area contributed by atoms with Gasteiger partial charge >= 0.3 is 0 Å². The summed E-state index contributed by atoms with van der Waals surface area (Å²) < 4.78 is 19.4. The molecule has 1 saturated carbocycles. The largest absolute Gasteiger partial charge is 0.550 e. The summed E-state index contributed by atoms with van der Waals surface area (Å²) in [5, 5.41) is 24.6. The number of hydrogen-bond acceptors (Lipinski definition) is 8. The van der Waals surface area contributed by atoms with Gasteiger partial charge in [-0.25, -0.2) is 0 Å². The highest BCUT2D eigenvalue weighted by Crippen LogP contribution is 2.22. The molecule has 1 aliphatic rings. The fourth-order valence-corrected chi connectivity index (χ4v) is 4.01. The molecule has 0 aromatic carbocycles. The number of rotatable bonds is 23. The van der Waals surface area contributed by atoms with Gasteiger partial charge < -0.3 is 49.4 Å². The predicted octanol–water partition coefficient (Wildman–Crippen LogP) is 0.825. The molecular weight excluding hydrogens is 540 g/mol. The molecular formula is C32H66N2O8. The van der Waals surface area contributed by atoms with E-state index in [-0.39, 0.29) is 5.92 Å². The summed E-state index contributed by atoms with van der Waals surface area (Å²) in [4.78, 5) is 20.3. The number of carboxylic acid groups (broad SMARTS) is 2. The smallest absolute Gasteiger partial charge is 0.0993 e. The number of carboxylic acids is 2. The number of nitrogens with two attached hydrogens (primary N) is 2. The molecule has 0 amide bonds. The van der Waals surface area contributed by atoms with Crippen LogP contribution in [0.1, 0.15) is 96.8 Å². The van der Waals surface area contributed by atoms with Crippen molar-refractivity contribution in [3.05, 3.63) is 12.2 Å². The number of ether oxygens (including phenoxy) is 4. The molecule has 10 heteroatoms. The molecule has 0 bridgehead atoms. The van der Waals surface area contributed by atoms with E-state index in [2.05, 4.69) is 17.6 Å². The summed E-state index contributed by atoms with van der Waals surface area (Å²) in [6, 6.07) is 0. The second-order valence-electron chi connectivity index (χ2n) is 10.3. The van der Waals surface area contributed by atoms with Crippen LogP contribution in [0, 0.1) is 5.92 Å². The van der Waals surface area contributed by atoms with E-state index >= 15 is 0 Å². The van der Waals surface area contributed by atoms with Gasteiger partial charge in [0.2, 0.25) is 0 Å². The van der Waals surface area contributed by atoms with Crippen molar-refractivity contribution in [3.63, 3.8) is 0 Å². The number of aliphatic carboxylic acids is 2. The molecule has 0 spiro atoms. The molecule has 4 N–H and O–H groups in total. The second kappa shape index (κ2) is 41.6. The highest BCUT2D eigenvalue weighted by Gasteiger charge is 2.13. The van der Waals surface area contributed by atoms with Crippen LogP contribution in [0.2, 0.25) is 0 Å². The molecule has 10 nitrogen and oxygen atoms in total. The Morgan fingerprint density at radius 3 is 1.40 bits per heavy atom. The van der Waals surface area contributed by atoms with Crippen LogP contribution in [0.15, 0.2) is 12.2 Å². The predicted molar refractivity (Wildman–Crippen MR) is 164 cm³/mol. The molecule has 0 unspecified atom stereocenters. The van der Waals surface area contributed by atoms with Gasteiger partial charge in [-0.2, -0.15) is 0 Å². The van der Waals surface area contributed by atoms with E-state index in [9.17, 15) is 19.8 Å². The number of quaternary nitrogens is 2. The van der Waals surface area contributed by atoms with Crippen molar-refractivity contribution >= 4 is 11.9 Å². The maximum absolute atomic E-state index is 10.2. The van der Waals surface area contributed by atoms with Crippen LogP contribution in [0.5, 0.6) is 0 Å². The Bertz CT molecular complexity index is 533. The zero-order chi connectivity index (χ0) is 31.9. The van der Waals surface area contributed by atoms with E-state index in [4.69, 9.17) is 18.9 Å².